The Morgan fingerprint density at radius 3 is 1.76 bits per heavy atom. The number of aromatic nitrogens is 2. The van der Waals surface area contributed by atoms with Crippen molar-refractivity contribution in [1.82, 2.24) is 9.13 Å². The Morgan fingerprint density at radius 1 is 0.793 bits per heavy atom. The van der Waals surface area contributed by atoms with E-state index in [1.54, 1.807) is 26.0 Å². The van der Waals surface area contributed by atoms with Gasteiger partial charge in [-0.1, -0.05) is 12.1 Å². The van der Waals surface area contributed by atoms with E-state index >= 15 is 0 Å². The molecule has 144 valence electrons. The summed E-state index contributed by atoms with van der Waals surface area (Å²) in [5.74, 6) is -0.584. The van der Waals surface area contributed by atoms with Crippen molar-refractivity contribution in [3.8, 4) is 17.3 Å². The highest BCUT2D eigenvalue weighted by Crippen LogP contribution is 2.24. The summed E-state index contributed by atoms with van der Waals surface area (Å²) in [5, 5.41) is 10.2. The minimum Gasteiger partial charge on any atom is -0.494 e. The van der Waals surface area contributed by atoms with Gasteiger partial charge in [0, 0.05) is 0 Å². The van der Waals surface area contributed by atoms with Gasteiger partial charge in [-0.15, -0.1) is 0 Å². The average Bonchev–Trinajstić information content (AvgIpc) is 2.66. The van der Waals surface area contributed by atoms with Crippen molar-refractivity contribution >= 4 is 23.5 Å². The molecule has 0 radical (unpaired) electrons. The second-order valence-corrected chi connectivity index (χ2v) is 6.14. The summed E-state index contributed by atoms with van der Waals surface area (Å²) in [6.45, 7) is 3.42. The minimum atomic E-state index is -0.857. The number of benzene rings is 2. The Kier molecular flexibility index (Phi) is 5.19. The van der Waals surface area contributed by atoms with Crippen LogP contribution >= 0.6 is 0 Å². The van der Waals surface area contributed by atoms with Crippen LogP contribution in [0.3, 0.4) is 0 Å². The van der Waals surface area contributed by atoms with E-state index in [4.69, 9.17) is 0 Å². The van der Waals surface area contributed by atoms with Crippen molar-refractivity contribution in [2.75, 3.05) is 0 Å². The normalized spacial score (nSPS) is 10.1. The molecule has 29 heavy (non-hydrogen) atoms. The number of isocyanates is 2. The molecule has 0 spiro atoms. The summed E-state index contributed by atoms with van der Waals surface area (Å²) in [7, 11) is 0. The van der Waals surface area contributed by atoms with Gasteiger partial charge in [-0.25, -0.2) is 23.5 Å². The standard InChI is InChI=1S/C20H14N4O5/c1-12-3-5-14(7-16(12)21-10-25)23-18(27)9-19(28)24(20(23)29)15-6-4-13(2)17(8-15)22-11-26/h3-9,27H,1-2H3. The van der Waals surface area contributed by atoms with E-state index in [0.717, 1.165) is 15.2 Å². The second-order valence-electron chi connectivity index (χ2n) is 6.14. The maximum Gasteiger partial charge on any atom is 0.343 e. The van der Waals surface area contributed by atoms with Crippen molar-refractivity contribution in [2.24, 2.45) is 9.98 Å². The topological polar surface area (TPSA) is 123 Å². The summed E-state index contributed by atoms with van der Waals surface area (Å²) >= 11 is 0. The van der Waals surface area contributed by atoms with Crippen LogP contribution < -0.4 is 11.2 Å². The van der Waals surface area contributed by atoms with Crippen molar-refractivity contribution in [2.45, 2.75) is 13.8 Å². The van der Waals surface area contributed by atoms with Crippen LogP contribution in [0.5, 0.6) is 5.88 Å². The molecule has 0 amide bonds. The number of aromatic hydroxyl groups is 1. The number of hydrogen-bond donors (Lipinski definition) is 1. The third kappa shape index (κ3) is 3.59. The molecule has 1 aromatic heterocycles. The Bertz CT molecular complexity index is 1340. The predicted octanol–water partition coefficient (Wildman–Crippen LogP) is 2.25. The first kappa shape index (κ1) is 19.4. The summed E-state index contributed by atoms with van der Waals surface area (Å²) in [5.41, 5.74) is 0.551. The number of aryl methyl sites for hydroxylation is 2. The van der Waals surface area contributed by atoms with Gasteiger partial charge in [-0.2, -0.15) is 9.98 Å². The van der Waals surface area contributed by atoms with Crippen LogP contribution in [0.2, 0.25) is 0 Å². The molecule has 0 saturated carbocycles. The number of carbonyl (C=O) groups excluding carboxylic acids is 2. The molecule has 0 aliphatic carbocycles. The summed E-state index contributed by atoms with van der Waals surface area (Å²) in [6.07, 6.45) is 2.86. The smallest absolute Gasteiger partial charge is 0.343 e. The van der Waals surface area contributed by atoms with Crippen molar-refractivity contribution in [3.63, 3.8) is 0 Å². The zero-order valence-electron chi connectivity index (χ0n) is 15.4. The van der Waals surface area contributed by atoms with Gasteiger partial charge in [0.1, 0.15) is 0 Å². The van der Waals surface area contributed by atoms with Gasteiger partial charge in [-0.3, -0.25) is 4.79 Å². The second kappa shape index (κ2) is 7.74. The monoisotopic (exact) mass is 390 g/mol. The summed E-state index contributed by atoms with van der Waals surface area (Å²) < 4.78 is 1.72. The molecule has 0 saturated heterocycles. The van der Waals surface area contributed by atoms with E-state index in [1.807, 2.05) is 0 Å². The summed E-state index contributed by atoms with van der Waals surface area (Å²) in [6, 6.07) is 9.93. The van der Waals surface area contributed by atoms with Crippen molar-refractivity contribution in [3.05, 3.63) is 74.4 Å². The molecular weight excluding hydrogens is 376 g/mol. The lowest BCUT2D eigenvalue weighted by molar-refractivity contribution is 0.428. The quantitative estimate of drug-likeness (QED) is 0.541. The number of rotatable bonds is 4. The first-order valence-corrected chi connectivity index (χ1v) is 8.33. The number of hydrogen-bond acceptors (Lipinski definition) is 7. The van der Waals surface area contributed by atoms with E-state index in [-0.39, 0.29) is 22.7 Å². The van der Waals surface area contributed by atoms with Crippen LogP contribution in [0.25, 0.3) is 11.4 Å². The molecule has 2 aromatic carbocycles. The molecular formula is C20H14N4O5. The third-order valence-electron chi connectivity index (χ3n) is 4.32. The molecule has 0 atom stereocenters. The molecule has 3 rings (SSSR count). The maximum absolute atomic E-state index is 13.1. The zero-order chi connectivity index (χ0) is 21.1. The van der Waals surface area contributed by atoms with Gasteiger partial charge in [-0.05, 0) is 49.2 Å². The lowest BCUT2D eigenvalue weighted by Crippen LogP contribution is -2.37. The highest BCUT2D eigenvalue weighted by Gasteiger charge is 2.15. The lowest BCUT2D eigenvalue weighted by Gasteiger charge is -2.13. The van der Waals surface area contributed by atoms with Crippen LogP contribution in [0.1, 0.15) is 11.1 Å². The predicted molar refractivity (Wildman–Crippen MR) is 104 cm³/mol. The largest absolute Gasteiger partial charge is 0.494 e. The Morgan fingerprint density at radius 2 is 1.28 bits per heavy atom. The van der Waals surface area contributed by atoms with E-state index in [1.165, 1.54) is 36.4 Å². The highest BCUT2D eigenvalue weighted by molar-refractivity contribution is 5.59. The van der Waals surface area contributed by atoms with E-state index in [0.29, 0.717) is 11.1 Å². The van der Waals surface area contributed by atoms with E-state index in [9.17, 15) is 24.3 Å². The molecule has 1 heterocycles. The van der Waals surface area contributed by atoms with Crippen LogP contribution in [0, 0.1) is 13.8 Å². The first-order chi connectivity index (χ1) is 13.9. The molecule has 3 aromatic rings. The fourth-order valence-electron chi connectivity index (χ4n) is 2.83. The molecule has 0 fully saturated rings. The fourth-order valence-corrected chi connectivity index (χ4v) is 2.83. The van der Waals surface area contributed by atoms with Gasteiger partial charge in [0.2, 0.25) is 18.0 Å². The maximum atomic E-state index is 13.1. The zero-order valence-corrected chi connectivity index (χ0v) is 15.4. The molecule has 0 aliphatic heterocycles. The minimum absolute atomic E-state index is 0.159. The molecule has 0 bridgehead atoms. The van der Waals surface area contributed by atoms with Gasteiger partial charge in [0.05, 0.1) is 28.8 Å². The highest BCUT2D eigenvalue weighted by atomic mass is 16.3. The third-order valence-corrected chi connectivity index (χ3v) is 4.32. The Labute approximate surface area is 163 Å². The molecule has 0 aliphatic rings. The SMILES string of the molecule is Cc1ccc(-n2c(O)cc(=O)n(-c3ccc(C)c(N=C=O)c3)c2=O)cc1N=C=O. The number of nitrogens with zero attached hydrogens (tertiary/aromatic N) is 4. The van der Waals surface area contributed by atoms with Crippen LogP contribution in [-0.4, -0.2) is 26.4 Å². The van der Waals surface area contributed by atoms with Gasteiger partial charge in [0.25, 0.3) is 5.56 Å². The van der Waals surface area contributed by atoms with Gasteiger partial charge < -0.3 is 5.11 Å². The molecule has 0 unspecified atom stereocenters. The summed E-state index contributed by atoms with van der Waals surface area (Å²) in [4.78, 5) is 53.9. The molecule has 9 nitrogen and oxygen atoms in total. The van der Waals surface area contributed by atoms with E-state index < -0.39 is 17.1 Å². The van der Waals surface area contributed by atoms with Crippen LogP contribution in [0.4, 0.5) is 11.4 Å². The van der Waals surface area contributed by atoms with Gasteiger partial charge in [0.15, 0.2) is 0 Å². The van der Waals surface area contributed by atoms with Crippen LogP contribution in [0.15, 0.2) is 62.0 Å². The Hall–Kier alpha value is -4.32. The Balaban J connectivity index is 2.32. The van der Waals surface area contributed by atoms with Crippen molar-refractivity contribution < 1.29 is 14.7 Å². The van der Waals surface area contributed by atoms with Gasteiger partial charge >= 0.3 is 5.69 Å². The van der Waals surface area contributed by atoms with Crippen LogP contribution in [-0.2, 0) is 9.59 Å². The molecule has 1 N–H and O–H groups in total. The molecule has 9 heteroatoms. The van der Waals surface area contributed by atoms with E-state index in [2.05, 4.69) is 9.98 Å². The number of aliphatic imine (C=N–C) groups is 2. The average molecular weight is 390 g/mol. The van der Waals surface area contributed by atoms with Crippen molar-refractivity contribution in [1.29, 1.82) is 0 Å². The lowest BCUT2D eigenvalue weighted by atomic mass is 10.1. The first-order valence-electron chi connectivity index (χ1n) is 8.33. The fraction of sp³-hybridized carbons (Fsp3) is 0.100.